The van der Waals surface area contributed by atoms with E-state index in [-0.39, 0.29) is 0 Å². The molecule has 0 radical (unpaired) electrons. The zero-order valence-corrected chi connectivity index (χ0v) is 13.3. The maximum Gasteiger partial charge on any atom is 0.0471 e. The number of rotatable bonds is 4. The molecule has 1 heterocycles. The summed E-state index contributed by atoms with van der Waals surface area (Å²) in [6.45, 7) is 5.11. The van der Waals surface area contributed by atoms with Gasteiger partial charge in [-0.05, 0) is 23.7 Å². The predicted octanol–water partition coefficient (Wildman–Crippen LogP) is 2.60. The number of piperazine rings is 1. The first kappa shape index (κ1) is 15.2. The molecule has 0 aliphatic carbocycles. The molecule has 116 valence electrons. The summed E-state index contributed by atoms with van der Waals surface area (Å²) in [5, 5.41) is 0. The molecule has 3 heteroatoms. The van der Waals surface area contributed by atoms with Crippen molar-refractivity contribution in [3.05, 3.63) is 60.2 Å². The quantitative estimate of drug-likeness (QED) is 0.941. The summed E-state index contributed by atoms with van der Waals surface area (Å²) in [4.78, 5) is 4.89. The van der Waals surface area contributed by atoms with E-state index in [0.29, 0.717) is 12.6 Å². The summed E-state index contributed by atoms with van der Waals surface area (Å²) in [5.74, 6) is 0. The van der Waals surface area contributed by atoms with Crippen molar-refractivity contribution in [1.82, 2.24) is 9.80 Å². The molecule has 1 aliphatic heterocycles. The van der Waals surface area contributed by atoms with E-state index < -0.39 is 0 Å². The Hall–Kier alpha value is -1.68. The highest BCUT2D eigenvalue weighted by atomic mass is 15.3. The first-order chi connectivity index (χ1) is 10.8. The topological polar surface area (TPSA) is 32.5 Å². The lowest BCUT2D eigenvalue weighted by Crippen LogP contribution is -2.47. The summed E-state index contributed by atoms with van der Waals surface area (Å²) >= 11 is 0. The fourth-order valence-corrected chi connectivity index (χ4v) is 3.16. The highest BCUT2D eigenvalue weighted by molar-refractivity contribution is 5.63. The second-order valence-corrected chi connectivity index (χ2v) is 6.08. The number of likely N-dealkylation sites (N-methyl/N-ethyl adjacent to an activating group) is 1. The van der Waals surface area contributed by atoms with Crippen LogP contribution >= 0.6 is 0 Å². The van der Waals surface area contributed by atoms with Crippen LogP contribution < -0.4 is 5.73 Å². The van der Waals surface area contributed by atoms with Crippen LogP contribution in [0, 0.1) is 0 Å². The van der Waals surface area contributed by atoms with Crippen LogP contribution in [0.1, 0.15) is 11.6 Å². The van der Waals surface area contributed by atoms with Crippen molar-refractivity contribution in [2.24, 2.45) is 5.73 Å². The van der Waals surface area contributed by atoms with E-state index in [4.69, 9.17) is 5.73 Å². The molecule has 1 fully saturated rings. The lowest BCUT2D eigenvalue weighted by Gasteiger charge is -2.37. The lowest BCUT2D eigenvalue weighted by molar-refractivity contribution is 0.114. The highest BCUT2D eigenvalue weighted by Gasteiger charge is 2.22. The standard InChI is InChI=1S/C19H25N3/c1-21-11-13-22(14-12-21)19(15-20)18-9-7-17(8-10-18)16-5-3-2-4-6-16/h2-10,19H,11-15,20H2,1H3. The van der Waals surface area contributed by atoms with Crippen LogP contribution in [0.25, 0.3) is 11.1 Å². The van der Waals surface area contributed by atoms with Crippen LogP contribution in [0.4, 0.5) is 0 Å². The molecule has 0 saturated carbocycles. The van der Waals surface area contributed by atoms with Gasteiger partial charge in [-0.25, -0.2) is 0 Å². The molecule has 3 nitrogen and oxygen atoms in total. The molecule has 1 atom stereocenters. The molecule has 2 N–H and O–H groups in total. The van der Waals surface area contributed by atoms with Gasteiger partial charge in [0.1, 0.15) is 0 Å². The van der Waals surface area contributed by atoms with Gasteiger partial charge in [0.15, 0.2) is 0 Å². The maximum atomic E-state index is 6.06. The first-order valence-electron chi connectivity index (χ1n) is 8.06. The average Bonchev–Trinajstić information content (AvgIpc) is 2.59. The summed E-state index contributed by atoms with van der Waals surface area (Å²) in [6, 6.07) is 19.7. The Morgan fingerprint density at radius 3 is 2.05 bits per heavy atom. The third-order valence-electron chi connectivity index (χ3n) is 4.60. The van der Waals surface area contributed by atoms with Crippen molar-refractivity contribution in [3.63, 3.8) is 0 Å². The van der Waals surface area contributed by atoms with E-state index in [2.05, 4.69) is 71.4 Å². The minimum atomic E-state index is 0.332. The Morgan fingerprint density at radius 1 is 0.864 bits per heavy atom. The fraction of sp³-hybridized carbons (Fsp3) is 0.368. The smallest absolute Gasteiger partial charge is 0.0471 e. The SMILES string of the molecule is CN1CCN(C(CN)c2ccc(-c3ccccc3)cc2)CC1. The molecule has 0 amide bonds. The Kier molecular flexibility index (Phi) is 4.88. The van der Waals surface area contributed by atoms with E-state index >= 15 is 0 Å². The maximum absolute atomic E-state index is 6.06. The van der Waals surface area contributed by atoms with Gasteiger partial charge in [0, 0.05) is 38.8 Å². The van der Waals surface area contributed by atoms with Crippen molar-refractivity contribution in [3.8, 4) is 11.1 Å². The van der Waals surface area contributed by atoms with Crippen molar-refractivity contribution in [2.75, 3.05) is 39.8 Å². The third-order valence-corrected chi connectivity index (χ3v) is 4.60. The molecule has 1 aliphatic rings. The number of benzene rings is 2. The summed E-state index contributed by atoms with van der Waals surface area (Å²) < 4.78 is 0. The Morgan fingerprint density at radius 2 is 1.45 bits per heavy atom. The molecule has 22 heavy (non-hydrogen) atoms. The van der Waals surface area contributed by atoms with Crippen molar-refractivity contribution in [2.45, 2.75) is 6.04 Å². The molecule has 2 aromatic carbocycles. The molecular weight excluding hydrogens is 270 g/mol. The van der Waals surface area contributed by atoms with Crippen molar-refractivity contribution < 1.29 is 0 Å². The van der Waals surface area contributed by atoms with Crippen molar-refractivity contribution in [1.29, 1.82) is 0 Å². The van der Waals surface area contributed by atoms with Gasteiger partial charge in [-0.2, -0.15) is 0 Å². The van der Waals surface area contributed by atoms with Gasteiger partial charge in [0.25, 0.3) is 0 Å². The Balaban J connectivity index is 1.76. The summed E-state index contributed by atoms with van der Waals surface area (Å²) in [5.41, 5.74) is 9.91. The first-order valence-corrected chi connectivity index (χ1v) is 8.06. The van der Waals surface area contributed by atoms with Crippen LogP contribution in [-0.2, 0) is 0 Å². The van der Waals surface area contributed by atoms with Gasteiger partial charge < -0.3 is 10.6 Å². The molecule has 3 rings (SSSR count). The monoisotopic (exact) mass is 295 g/mol. The second-order valence-electron chi connectivity index (χ2n) is 6.08. The normalized spacial score (nSPS) is 18.3. The molecule has 0 aromatic heterocycles. The van der Waals surface area contributed by atoms with Crippen molar-refractivity contribution >= 4 is 0 Å². The van der Waals surface area contributed by atoms with Gasteiger partial charge in [-0.3, -0.25) is 4.90 Å². The average molecular weight is 295 g/mol. The number of hydrogen-bond donors (Lipinski definition) is 1. The Labute approximate surface area is 133 Å². The van der Waals surface area contributed by atoms with E-state index in [1.165, 1.54) is 16.7 Å². The van der Waals surface area contributed by atoms with E-state index in [0.717, 1.165) is 26.2 Å². The van der Waals surface area contributed by atoms with E-state index in [1.807, 2.05) is 0 Å². The van der Waals surface area contributed by atoms with E-state index in [9.17, 15) is 0 Å². The Bertz CT molecular complexity index is 571. The molecule has 1 unspecified atom stereocenters. The molecule has 1 saturated heterocycles. The molecule has 0 bridgehead atoms. The number of nitrogens with zero attached hydrogens (tertiary/aromatic N) is 2. The zero-order valence-electron chi connectivity index (χ0n) is 13.3. The largest absolute Gasteiger partial charge is 0.329 e. The minimum absolute atomic E-state index is 0.332. The third kappa shape index (κ3) is 3.38. The van der Waals surface area contributed by atoms with Crippen LogP contribution in [0.2, 0.25) is 0 Å². The van der Waals surface area contributed by atoms with Gasteiger partial charge in [-0.15, -0.1) is 0 Å². The van der Waals surface area contributed by atoms with Crippen LogP contribution in [0.3, 0.4) is 0 Å². The molecule has 0 spiro atoms. The van der Waals surface area contributed by atoms with Crippen LogP contribution in [0.15, 0.2) is 54.6 Å². The highest BCUT2D eigenvalue weighted by Crippen LogP contribution is 2.25. The minimum Gasteiger partial charge on any atom is -0.329 e. The van der Waals surface area contributed by atoms with Gasteiger partial charge in [0.05, 0.1) is 0 Å². The van der Waals surface area contributed by atoms with Gasteiger partial charge in [-0.1, -0.05) is 54.6 Å². The van der Waals surface area contributed by atoms with Gasteiger partial charge >= 0.3 is 0 Å². The van der Waals surface area contributed by atoms with E-state index in [1.54, 1.807) is 0 Å². The predicted molar refractivity (Wildman–Crippen MR) is 92.7 cm³/mol. The number of nitrogens with two attached hydrogens (primary N) is 1. The zero-order chi connectivity index (χ0) is 15.4. The molecular formula is C19H25N3. The van der Waals surface area contributed by atoms with Crippen LogP contribution in [-0.4, -0.2) is 49.6 Å². The summed E-state index contributed by atoms with van der Waals surface area (Å²) in [6.07, 6.45) is 0. The summed E-state index contributed by atoms with van der Waals surface area (Å²) in [7, 11) is 2.18. The van der Waals surface area contributed by atoms with Gasteiger partial charge in [0.2, 0.25) is 0 Å². The van der Waals surface area contributed by atoms with Crippen LogP contribution in [0.5, 0.6) is 0 Å². The second kappa shape index (κ2) is 7.05. The molecule has 2 aromatic rings. The number of hydrogen-bond acceptors (Lipinski definition) is 3. The lowest BCUT2D eigenvalue weighted by atomic mass is 9.99. The fourth-order valence-electron chi connectivity index (χ4n) is 3.16.